The third-order valence-corrected chi connectivity index (χ3v) is 5.95. The van der Waals surface area contributed by atoms with Crippen LogP contribution in [-0.2, 0) is 28.5 Å². The Morgan fingerprint density at radius 2 is 1.25 bits per heavy atom. The Morgan fingerprint density at radius 1 is 0.722 bits per heavy atom. The van der Waals surface area contributed by atoms with Crippen LogP contribution < -0.4 is 0 Å². The second-order valence-corrected chi connectivity index (χ2v) is 8.59. The van der Waals surface area contributed by atoms with E-state index in [0.29, 0.717) is 18.4 Å². The van der Waals surface area contributed by atoms with Gasteiger partial charge in [0.15, 0.2) is 5.78 Å². The van der Waals surface area contributed by atoms with Crippen molar-refractivity contribution >= 4 is 29.7 Å². The van der Waals surface area contributed by atoms with E-state index in [2.05, 4.69) is 0 Å². The molecule has 2 aromatic carbocycles. The lowest BCUT2D eigenvalue weighted by molar-refractivity contribution is -0.169. The molecule has 4 rings (SSSR count). The lowest BCUT2D eigenvalue weighted by atomic mass is 9.96. The molecule has 9 heteroatoms. The molecular weight excluding hydrogens is 468 g/mol. The van der Waals surface area contributed by atoms with E-state index in [1.54, 1.807) is 0 Å². The number of ether oxygens (including phenoxy) is 4. The molecule has 36 heavy (non-hydrogen) atoms. The Morgan fingerprint density at radius 3 is 1.86 bits per heavy atom. The fourth-order valence-corrected chi connectivity index (χ4v) is 3.95. The van der Waals surface area contributed by atoms with Crippen molar-refractivity contribution in [3.63, 3.8) is 0 Å². The number of carbonyl (C=O) groups is 5. The summed E-state index contributed by atoms with van der Waals surface area (Å²) in [5, 5.41) is 0. The number of unbranched alkanes of at least 4 members (excludes halogenated alkanes) is 2. The van der Waals surface area contributed by atoms with Crippen LogP contribution in [0.3, 0.4) is 0 Å². The molecule has 188 valence electrons. The Balaban J connectivity index is 1.53. The second-order valence-electron chi connectivity index (χ2n) is 8.59. The minimum Gasteiger partial charge on any atom is -0.421 e. The SMILES string of the molecule is CCCCC(=O)OC1OC(=O)c2cc(C(=O)c3ccc4c(c3)C(OC(=O)CCCC)OC4=O)ccc21. The van der Waals surface area contributed by atoms with Gasteiger partial charge in [-0.05, 0) is 37.1 Å². The maximum atomic E-state index is 13.2. The van der Waals surface area contributed by atoms with E-state index in [1.807, 2.05) is 13.8 Å². The van der Waals surface area contributed by atoms with E-state index in [4.69, 9.17) is 18.9 Å². The van der Waals surface area contributed by atoms with Gasteiger partial charge in [-0.3, -0.25) is 14.4 Å². The molecule has 0 spiro atoms. The van der Waals surface area contributed by atoms with Crippen LogP contribution >= 0.6 is 0 Å². The van der Waals surface area contributed by atoms with Gasteiger partial charge in [-0.1, -0.05) is 38.8 Å². The number of hydrogen-bond donors (Lipinski definition) is 0. The van der Waals surface area contributed by atoms with Gasteiger partial charge in [-0.2, -0.15) is 0 Å². The molecule has 0 saturated heterocycles. The van der Waals surface area contributed by atoms with E-state index in [-0.39, 0.29) is 40.7 Å². The van der Waals surface area contributed by atoms with Crippen molar-refractivity contribution < 1.29 is 42.9 Å². The molecular formula is C27H26O9. The normalized spacial score (nSPS) is 17.6. The average molecular weight is 494 g/mol. The number of hydrogen-bond acceptors (Lipinski definition) is 9. The summed E-state index contributed by atoms with van der Waals surface area (Å²) < 4.78 is 20.9. The minimum absolute atomic E-state index is 0.136. The Hall–Kier alpha value is -4.01. The van der Waals surface area contributed by atoms with Gasteiger partial charge < -0.3 is 18.9 Å². The summed E-state index contributed by atoms with van der Waals surface area (Å²) in [5.74, 6) is -2.73. The van der Waals surface area contributed by atoms with Crippen LogP contribution in [0.1, 0.15) is 113 Å². The van der Waals surface area contributed by atoms with Crippen LogP contribution in [0.25, 0.3) is 0 Å². The van der Waals surface area contributed by atoms with Crippen LogP contribution in [-0.4, -0.2) is 29.7 Å². The van der Waals surface area contributed by atoms with Crippen molar-refractivity contribution in [1.29, 1.82) is 0 Å². The quantitative estimate of drug-likeness (QED) is 0.341. The fourth-order valence-electron chi connectivity index (χ4n) is 3.95. The summed E-state index contributed by atoms with van der Waals surface area (Å²) in [6.07, 6.45) is 0.988. The zero-order valence-electron chi connectivity index (χ0n) is 20.0. The number of benzene rings is 2. The van der Waals surface area contributed by atoms with E-state index >= 15 is 0 Å². The second kappa shape index (κ2) is 10.7. The van der Waals surface area contributed by atoms with Crippen molar-refractivity contribution in [1.82, 2.24) is 0 Å². The molecule has 2 aliphatic rings. The van der Waals surface area contributed by atoms with Gasteiger partial charge in [-0.25, -0.2) is 9.59 Å². The van der Waals surface area contributed by atoms with Gasteiger partial charge in [0.05, 0.1) is 11.1 Å². The highest BCUT2D eigenvalue weighted by Crippen LogP contribution is 2.35. The maximum Gasteiger partial charge on any atom is 0.342 e. The van der Waals surface area contributed by atoms with Gasteiger partial charge in [0.2, 0.25) is 0 Å². The molecule has 2 heterocycles. The molecule has 2 unspecified atom stereocenters. The fraction of sp³-hybridized carbons (Fsp3) is 0.370. The first-order valence-corrected chi connectivity index (χ1v) is 12.0. The van der Waals surface area contributed by atoms with Gasteiger partial charge in [0.1, 0.15) is 0 Å². The van der Waals surface area contributed by atoms with Crippen molar-refractivity contribution in [2.24, 2.45) is 0 Å². The van der Waals surface area contributed by atoms with Gasteiger partial charge in [-0.15, -0.1) is 0 Å². The van der Waals surface area contributed by atoms with E-state index in [0.717, 1.165) is 12.8 Å². The van der Waals surface area contributed by atoms with E-state index < -0.39 is 42.2 Å². The molecule has 0 saturated carbocycles. The van der Waals surface area contributed by atoms with Crippen LogP contribution in [0.4, 0.5) is 0 Å². The molecule has 0 aromatic heterocycles. The van der Waals surface area contributed by atoms with Crippen LogP contribution in [0.2, 0.25) is 0 Å². The predicted octanol–water partition coefficient (Wildman–Crippen LogP) is 4.72. The first-order chi connectivity index (χ1) is 17.3. The Kier molecular flexibility index (Phi) is 7.47. The summed E-state index contributed by atoms with van der Waals surface area (Å²) in [6.45, 7) is 3.89. The van der Waals surface area contributed by atoms with Crippen LogP contribution in [0.5, 0.6) is 0 Å². The number of esters is 4. The number of ketones is 1. The summed E-state index contributed by atoms with van der Waals surface area (Å²) >= 11 is 0. The van der Waals surface area contributed by atoms with Crippen molar-refractivity contribution in [3.05, 3.63) is 69.8 Å². The average Bonchev–Trinajstić information content (AvgIpc) is 3.35. The Labute approximate surface area is 207 Å². The number of cyclic esters (lactones) is 2. The molecule has 2 aromatic rings. The molecule has 0 radical (unpaired) electrons. The molecule has 2 atom stereocenters. The van der Waals surface area contributed by atoms with Gasteiger partial charge >= 0.3 is 23.9 Å². The van der Waals surface area contributed by atoms with Crippen molar-refractivity contribution in [3.8, 4) is 0 Å². The zero-order chi connectivity index (χ0) is 25.8. The summed E-state index contributed by atoms with van der Waals surface area (Å²) in [6, 6.07) is 8.77. The van der Waals surface area contributed by atoms with Crippen LogP contribution in [0, 0.1) is 0 Å². The van der Waals surface area contributed by atoms with Gasteiger partial charge in [0.25, 0.3) is 12.6 Å². The topological polar surface area (TPSA) is 122 Å². The largest absolute Gasteiger partial charge is 0.421 e. The lowest BCUT2D eigenvalue weighted by Gasteiger charge is -2.13. The smallest absolute Gasteiger partial charge is 0.342 e. The summed E-state index contributed by atoms with van der Waals surface area (Å²) in [7, 11) is 0. The zero-order valence-corrected chi connectivity index (χ0v) is 20.0. The van der Waals surface area contributed by atoms with E-state index in [1.165, 1.54) is 36.4 Å². The van der Waals surface area contributed by atoms with Gasteiger partial charge in [0, 0.05) is 35.1 Å². The lowest BCUT2D eigenvalue weighted by Crippen LogP contribution is -2.11. The number of carbonyl (C=O) groups excluding carboxylic acids is 5. The molecule has 2 aliphatic heterocycles. The van der Waals surface area contributed by atoms with Crippen LogP contribution in [0.15, 0.2) is 36.4 Å². The third kappa shape index (κ3) is 5.15. The number of rotatable bonds is 10. The highest BCUT2D eigenvalue weighted by molar-refractivity contribution is 6.11. The molecule has 0 fully saturated rings. The molecule has 0 amide bonds. The minimum atomic E-state index is -1.22. The molecule has 0 bridgehead atoms. The highest BCUT2D eigenvalue weighted by Gasteiger charge is 2.36. The Bertz CT molecular complexity index is 1230. The molecule has 9 nitrogen and oxygen atoms in total. The standard InChI is InChI=1S/C27H26O9/c1-3-5-7-21(28)33-26-18-12-10-15(13-19(18)25(32)36-26)23(30)16-9-11-17-20(14-16)27(35-24(17)31)34-22(29)8-6-4-2/h9-14,26-27H,3-8H2,1-2H3. The summed E-state index contributed by atoms with van der Waals surface area (Å²) in [5.41, 5.74) is 1.42. The predicted molar refractivity (Wildman–Crippen MR) is 124 cm³/mol. The number of fused-ring (bicyclic) bond motifs is 2. The monoisotopic (exact) mass is 494 g/mol. The van der Waals surface area contributed by atoms with Crippen molar-refractivity contribution in [2.45, 2.75) is 65.0 Å². The summed E-state index contributed by atoms with van der Waals surface area (Å²) in [4.78, 5) is 61.7. The highest BCUT2D eigenvalue weighted by atomic mass is 16.7. The van der Waals surface area contributed by atoms with E-state index in [9.17, 15) is 24.0 Å². The molecule has 0 N–H and O–H groups in total. The first-order valence-electron chi connectivity index (χ1n) is 12.0. The molecule has 0 aliphatic carbocycles. The van der Waals surface area contributed by atoms with Crippen molar-refractivity contribution in [2.75, 3.05) is 0 Å². The maximum absolute atomic E-state index is 13.2. The third-order valence-electron chi connectivity index (χ3n) is 5.95. The first kappa shape index (κ1) is 25.1.